The topological polar surface area (TPSA) is 3.24 Å². The molecule has 11 rings (SSSR count). The van der Waals surface area contributed by atoms with E-state index >= 15 is 0 Å². The van der Waals surface area contributed by atoms with Crippen molar-refractivity contribution in [3.05, 3.63) is 247 Å². The minimum absolute atomic E-state index is 0.446. The van der Waals surface area contributed by atoms with Crippen LogP contribution in [0.15, 0.2) is 224 Å². The number of benzene rings is 9. The predicted molar refractivity (Wildman–Crippen MR) is 242 cm³/mol. The molecule has 1 aromatic heterocycles. The van der Waals surface area contributed by atoms with Crippen molar-refractivity contribution >= 4 is 48.6 Å². The second-order valence-corrected chi connectivity index (χ2v) is 15.9. The van der Waals surface area contributed by atoms with Crippen molar-refractivity contribution in [3.8, 4) is 33.4 Å². The van der Waals surface area contributed by atoms with Gasteiger partial charge in [0.1, 0.15) is 0 Å². The Morgan fingerprint density at radius 3 is 1.60 bits per heavy atom. The van der Waals surface area contributed by atoms with Gasteiger partial charge in [0.05, 0.1) is 5.41 Å². The first kappa shape index (κ1) is 33.3. The Morgan fingerprint density at radius 2 is 0.877 bits per heavy atom. The van der Waals surface area contributed by atoms with E-state index in [0.29, 0.717) is 0 Å². The van der Waals surface area contributed by atoms with E-state index in [2.05, 4.69) is 229 Å². The maximum atomic E-state index is 2.50. The van der Waals surface area contributed by atoms with Crippen LogP contribution in [0.2, 0.25) is 0 Å². The molecule has 1 aliphatic rings. The van der Waals surface area contributed by atoms with E-state index in [9.17, 15) is 0 Å². The van der Waals surface area contributed by atoms with Crippen molar-refractivity contribution in [2.24, 2.45) is 0 Å². The third-order valence-corrected chi connectivity index (χ3v) is 12.9. The number of fused-ring (bicyclic) bond motifs is 6. The zero-order valence-corrected chi connectivity index (χ0v) is 32.0. The van der Waals surface area contributed by atoms with E-state index in [1.807, 2.05) is 11.3 Å². The largest absolute Gasteiger partial charge is 0.310 e. The Labute approximate surface area is 337 Å². The zero-order chi connectivity index (χ0) is 37.8. The molecule has 2 heteroatoms. The zero-order valence-electron chi connectivity index (χ0n) is 31.2. The van der Waals surface area contributed by atoms with Crippen LogP contribution in [0, 0.1) is 0 Å². The summed E-state index contributed by atoms with van der Waals surface area (Å²) >= 11 is 1.88. The van der Waals surface area contributed by atoms with Gasteiger partial charge in [-0.2, -0.15) is 0 Å². The lowest BCUT2D eigenvalue weighted by Crippen LogP contribution is -2.28. The Kier molecular flexibility index (Phi) is 7.98. The molecular weight excluding hydrogens is 707 g/mol. The number of hydrogen-bond acceptors (Lipinski definition) is 2. The summed E-state index contributed by atoms with van der Waals surface area (Å²) in [5.41, 5.74) is 15.6. The standard InChI is InChI=1S/C55H37NS/c1-4-16-38(17-5-1)39-30-33-44(34-31-39)56(43-21-8-3-9-22-43)45-23-14-18-40(36-45)46-26-15-29-53-54(46)49-37-42(32-35-52(49)57-53)55(41-19-6-2-7-20-41)50-27-12-10-24-47(50)48-25-11-13-28-51(48)55/h1-37H. The highest BCUT2D eigenvalue weighted by atomic mass is 32.1. The number of hydrogen-bond donors (Lipinski definition) is 0. The molecule has 268 valence electrons. The predicted octanol–water partition coefficient (Wildman–Crippen LogP) is 15.2. The van der Waals surface area contributed by atoms with Gasteiger partial charge in [-0.3, -0.25) is 0 Å². The minimum Gasteiger partial charge on any atom is -0.310 e. The van der Waals surface area contributed by atoms with Gasteiger partial charge in [0.15, 0.2) is 0 Å². The summed E-state index contributed by atoms with van der Waals surface area (Å²) in [6, 6.07) is 82.4. The maximum Gasteiger partial charge on any atom is 0.0713 e. The van der Waals surface area contributed by atoms with Crippen molar-refractivity contribution in [3.63, 3.8) is 0 Å². The van der Waals surface area contributed by atoms with Crippen LogP contribution in [0.25, 0.3) is 53.6 Å². The third-order valence-electron chi connectivity index (χ3n) is 11.7. The number of thiophene rings is 1. The van der Waals surface area contributed by atoms with Gasteiger partial charge in [0, 0.05) is 37.2 Å². The Morgan fingerprint density at radius 1 is 0.333 bits per heavy atom. The summed E-state index contributed by atoms with van der Waals surface area (Å²) < 4.78 is 2.59. The van der Waals surface area contributed by atoms with E-state index in [1.54, 1.807) is 0 Å². The fourth-order valence-electron chi connectivity index (χ4n) is 9.28. The van der Waals surface area contributed by atoms with E-state index in [0.717, 1.165) is 17.1 Å². The quantitative estimate of drug-likeness (QED) is 0.157. The number of anilines is 3. The molecule has 0 amide bonds. The Bertz CT molecular complexity index is 3010. The van der Waals surface area contributed by atoms with E-state index in [-0.39, 0.29) is 0 Å². The lowest BCUT2D eigenvalue weighted by Gasteiger charge is -2.34. The van der Waals surface area contributed by atoms with Crippen LogP contribution in [0.5, 0.6) is 0 Å². The average molecular weight is 744 g/mol. The van der Waals surface area contributed by atoms with Crippen LogP contribution in [-0.4, -0.2) is 0 Å². The van der Waals surface area contributed by atoms with Crippen molar-refractivity contribution < 1.29 is 0 Å². The molecule has 1 nitrogen and oxygen atoms in total. The lowest BCUT2D eigenvalue weighted by molar-refractivity contribution is 0.770. The fourth-order valence-corrected chi connectivity index (χ4v) is 10.4. The van der Waals surface area contributed by atoms with Gasteiger partial charge in [-0.05, 0) is 110 Å². The SMILES string of the molecule is c1ccc(-c2ccc(N(c3ccccc3)c3cccc(-c4cccc5sc6ccc(C7(c8ccccc8)c8ccccc8-c8ccccc87)cc6c45)c3)cc2)cc1. The lowest BCUT2D eigenvalue weighted by atomic mass is 9.67. The molecule has 0 unspecified atom stereocenters. The summed E-state index contributed by atoms with van der Waals surface area (Å²) in [6.45, 7) is 0. The molecule has 0 bridgehead atoms. The van der Waals surface area contributed by atoms with Crippen molar-refractivity contribution in [1.82, 2.24) is 0 Å². The first-order valence-corrected chi connectivity index (χ1v) is 20.4. The van der Waals surface area contributed by atoms with Crippen LogP contribution in [0.4, 0.5) is 17.1 Å². The van der Waals surface area contributed by atoms with Crippen LogP contribution < -0.4 is 4.90 Å². The molecule has 0 saturated carbocycles. The highest BCUT2D eigenvalue weighted by Gasteiger charge is 2.46. The molecule has 0 radical (unpaired) electrons. The van der Waals surface area contributed by atoms with E-state index in [1.165, 1.54) is 75.8 Å². The van der Waals surface area contributed by atoms with Gasteiger partial charge in [-0.15, -0.1) is 11.3 Å². The maximum absolute atomic E-state index is 2.50. The van der Waals surface area contributed by atoms with Gasteiger partial charge in [-0.1, -0.05) is 170 Å². The molecule has 0 spiro atoms. The molecule has 0 N–H and O–H groups in total. The monoisotopic (exact) mass is 743 g/mol. The third kappa shape index (κ3) is 5.37. The highest BCUT2D eigenvalue weighted by Crippen LogP contribution is 2.57. The average Bonchev–Trinajstić information content (AvgIpc) is 3.82. The first-order valence-electron chi connectivity index (χ1n) is 19.6. The molecule has 1 heterocycles. The van der Waals surface area contributed by atoms with Gasteiger partial charge >= 0.3 is 0 Å². The molecule has 0 atom stereocenters. The molecule has 0 aliphatic heterocycles. The van der Waals surface area contributed by atoms with Crippen LogP contribution >= 0.6 is 11.3 Å². The van der Waals surface area contributed by atoms with Crippen molar-refractivity contribution in [1.29, 1.82) is 0 Å². The summed E-state index contributed by atoms with van der Waals surface area (Å²) in [5, 5.41) is 2.60. The Balaban J connectivity index is 1.09. The summed E-state index contributed by atoms with van der Waals surface area (Å²) in [4.78, 5) is 2.36. The van der Waals surface area contributed by atoms with Crippen molar-refractivity contribution in [2.75, 3.05) is 4.90 Å². The van der Waals surface area contributed by atoms with Gasteiger partial charge in [0.2, 0.25) is 0 Å². The van der Waals surface area contributed by atoms with Crippen LogP contribution in [-0.2, 0) is 5.41 Å². The molecular formula is C55H37NS. The molecule has 9 aromatic carbocycles. The number of nitrogens with zero attached hydrogens (tertiary/aromatic N) is 1. The van der Waals surface area contributed by atoms with Crippen LogP contribution in [0.1, 0.15) is 22.3 Å². The van der Waals surface area contributed by atoms with E-state index in [4.69, 9.17) is 0 Å². The second kappa shape index (κ2) is 13.6. The van der Waals surface area contributed by atoms with Gasteiger partial charge in [0.25, 0.3) is 0 Å². The fraction of sp³-hybridized carbons (Fsp3) is 0.0182. The Hall–Kier alpha value is -7.00. The molecule has 0 fully saturated rings. The highest BCUT2D eigenvalue weighted by molar-refractivity contribution is 7.25. The summed E-state index contributed by atoms with van der Waals surface area (Å²) in [6.07, 6.45) is 0. The number of para-hydroxylation sites is 1. The second-order valence-electron chi connectivity index (χ2n) is 14.8. The summed E-state index contributed by atoms with van der Waals surface area (Å²) in [5.74, 6) is 0. The molecule has 10 aromatic rings. The number of rotatable bonds is 7. The van der Waals surface area contributed by atoms with Crippen molar-refractivity contribution in [2.45, 2.75) is 5.41 Å². The van der Waals surface area contributed by atoms with E-state index < -0.39 is 5.41 Å². The van der Waals surface area contributed by atoms with Crippen LogP contribution in [0.3, 0.4) is 0 Å². The summed E-state index contributed by atoms with van der Waals surface area (Å²) in [7, 11) is 0. The van der Waals surface area contributed by atoms with Gasteiger partial charge < -0.3 is 4.90 Å². The molecule has 57 heavy (non-hydrogen) atoms. The minimum atomic E-state index is -0.446. The first-order chi connectivity index (χ1) is 28.3. The van der Waals surface area contributed by atoms with Gasteiger partial charge in [-0.25, -0.2) is 0 Å². The molecule has 0 saturated heterocycles. The molecule has 1 aliphatic carbocycles. The smallest absolute Gasteiger partial charge is 0.0713 e. The normalized spacial score (nSPS) is 12.7.